The normalized spacial score (nSPS) is 12.2. The van der Waals surface area contributed by atoms with E-state index < -0.39 is 10.0 Å². The predicted octanol–water partition coefficient (Wildman–Crippen LogP) is 0.905. The lowest BCUT2D eigenvalue weighted by molar-refractivity contribution is 0.112. The van der Waals surface area contributed by atoms with Crippen LogP contribution in [0.3, 0.4) is 0 Å². The molecule has 102 valence electrons. The van der Waals surface area contributed by atoms with Crippen LogP contribution < -0.4 is 0 Å². The molecule has 0 aliphatic rings. The third-order valence-electron chi connectivity index (χ3n) is 2.71. The van der Waals surface area contributed by atoms with Gasteiger partial charge < -0.3 is 0 Å². The monoisotopic (exact) mass is 299 g/mol. The number of benzene rings is 1. The summed E-state index contributed by atoms with van der Waals surface area (Å²) in [6, 6.07) is 4.83. The van der Waals surface area contributed by atoms with Crippen LogP contribution in [0.5, 0.6) is 0 Å². The van der Waals surface area contributed by atoms with Gasteiger partial charge in [0.05, 0.1) is 24.2 Å². The highest BCUT2D eigenvalue weighted by Gasteiger charge is 2.20. The first-order valence-electron chi connectivity index (χ1n) is 5.64. The Morgan fingerprint density at radius 3 is 2.74 bits per heavy atom. The number of hydrogen-bond acceptors (Lipinski definition) is 4. The van der Waals surface area contributed by atoms with Crippen LogP contribution in [-0.2, 0) is 20.9 Å². The van der Waals surface area contributed by atoms with Gasteiger partial charge in [-0.2, -0.15) is 9.19 Å². The van der Waals surface area contributed by atoms with E-state index in [4.69, 9.17) is 0 Å². The first-order chi connectivity index (χ1) is 8.94. The van der Waals surface area contributed by atoms with Gasteiger partial charge >= 0.3 is 0 Å². The Morgan fingerprint density at radius 2 is 2.11 bits per heavy atom. The molecule has 0 aliphatic carbocycles. The van der Waals surface area contributed by atoms with E-state index in [1.54, 1.807) is 18.2 Å². The fourth-order valence-corrected chi connectivity index (χ4v) is 4.69. The fourth-order valence-electron chi connectivity index (χ4n) is 1.68. The Morgan fingerprint density at radius 1 is 1.37 bits per heavy atom. The maximum atomic E-state index is 12.2. The van der Waals surface area contributed by atoms with Crippen LogP contribution in [0.1, 0.15) is 10.4 Å². The van der Waals surface area contributed by atoms with Crippen LogP contribution in [0.2, 0.25) is 0 Å². The lowest BCUT2D eigenvalue weighted by Crippen LogP contribution is -2.22. The van der Waals surface area contributed by atoms with Crippen LogP contribution in [0.4, 0.5) is 0 Å². The minimum Gasteiger partial charge on any atom is -0.298 e. The molecular weight excluding hydrogens is 284 g/mol. The predicted molar refractivity (Wildman–Crippen MR) is 78.4 cm³/mol. The molecular formula is C12H15N2O3S2+. The van der Waals surface area contributed by atoms with Gasteiger partial charge in [0.25, 0.3) is 10.0 Å². The average Bonchev–Trinajstić information content (AvgIpc) is 2.79. The SMILES string of the molecule is C[S+](C)CCS(=O)(=O)n1ncc2cc(C=O)ccc21. The Balaban J connectivity index is 2.43. The Kier molecular flexibility index (Phi) is 3.96. The van der Waals surface area contributed by atoms with Crippen molar-refractivity contribution in [3.8, 4) is 0 Å². The van der Waals surface area contributed by atoms with Gasteiger partial charge in [-0.3, -0.25) is 4.79 Å². The lowest BCUT2D eigenvalue weighted by Gasteiger charge is -2.04. The molecule has 0 saturated heterocycles. The minimum absolute atomic E-state index is 0.0709. The van der Waals surface area contributed by atoms with Crippen molar-refractivity contribution in [3.63, 3.8) is 0 Å². The average molecular weight is 299 g/mol. The van der Waals surface area contributed by atoms with Crippen molar-refractivity contribution >= 4 is 38.1 Å². The fraction of sp³-hybridized carbons (Fsp3) is 0.333. The van der Waals surface area contributed by atoms with Crippen LogP contribution >= 0.6 is 0 Å². The van der Waals surface area contributed by atoms with Crippen LogP contribution in [0, 0.1) is 0 Å². The first-order valence-corrected chi connectivity index (χ1v) is 9.46. The van der Waals surface area contributed by atoms with Gasteiger partial charge in [0.2, 0.25) is 0 Å². The van der Waals surface area contributed by atoms with E-state index in [0.717, 1.165) is 10.4 Å². The summed E-state index contributed by atoms with van der Waals surface area (Å²) in [7, 11) is -3.36. The van der Waals surface area contributed by atoms with E-state index in [0.29, 0.717) is 22.2 Å². The summed E-state index contributed by atoms with van der Waals surface area (Å²) in [5.41, 5.74) is 1.02. The zero-order valence-corrected chi connectivity index (χ0v) is 12.4. The molecule has 5 nitrogen and oxygen atoms in total. The van der Waals surface area contributed by atoms with Crippen LogP contribution in [0.15, 0.2) is 24.4 Å². The Bertz CT molecular complexity index is 705. The van der Waals surface area contributed by atoms with E-state index in [1.165, 1.54) is 6.20 Å². The number of aromatic nitrogens is 2. The number of fused-ring (bicyclic) bond motifs is 1. The molecule has 0 bridgehead atoms. The Hall–Kier alpha value is -1.34. The maximum Gasteiger partial charge on any atom is 0.258 e. The second kappa shape index (κ2) is 5.34. The number of carbonyl (C=O) groups excluding carboxylic acids is 1. The summed E-state index contributed by atoms with van der Waals surface area (Å²) in [6.45, 7) is 0. The molecule has 19 heavy (non-hydrogen) atoms. The summed E-state index contributed by atoms with van der Waals surface area (Å²) < 4.78 is 25.5. The summed E-state index contributed by atoms with van der Waals surface area (Å²) in [6.07, 6.45) is 6.21. The van der Waals surface area contributed by atoms with Gasteiger partial charge in [-0.15, -0.1) is 0 Å². The second-order valence-corrected chi connectivity index (χ2v) is 8.73. The highest BCUT2D eigenvalue weighted by molar-refractivity contribution is 7.97. The smallest absolute Gasteiger partial charge is 0.258 e. The number of hydrogen-bond donors (Lipinski definition) is 0. The van der Waals surface area contributed by atoms with E-state index in [9.17, 15) is 13.2 Å². The maximum absolute atomic E-state index is 12.2. The quantitative estimate of drug-likeness (QED) is 0.608. The van der Waals surface area contributed by atoms with E-state index in [1.807, 2.05) is 12.5 Å². The van der Waals surface area contributed by atoms with Gasteiger partial charge in [0.15, 0.2) is 0 Å². The topological polar surface area (TPSA) is 69.0 Å². The zero-order valence-electron chi connectivity index (χ0n) is 10.7. The van der Waals surface area contributed by atoms with Gasteiger partial charge in [-0.25, -0.2) is 8.42 Å². The molecule has 0 radical (unpaired) electrons. The molecule has 2 aromatic rings. The lowest BCUT2D eigenvalue weighted by atomic mass is 10.2. The van der Waals surface area contributed by atoms with Gasteiger partial charge in [0.1, 0.15) is 17.8 Å². The van der Waals surface area contributed by atoms with Crippen LogP contribution in [0.25, 0.3) is 10.9 Å². The molecule has 0 amide bonds. The third kappa shape index (κ3) is 2.98. The summed E-state index contributed by atoms with van der Waals surface area (Å²) in [4.78, 5) is 10.7. The molecule has 0 spiro atoms. The molecule has 1 aromatic heterocycles. The van der Waals surface area contributed by atoms with Crippen molar-refractivity contribution in [2.75, 3.05) is 24.0 Å². The second-order valence-electron chi connectivity index (χ2n) is 4.43. The minimum atomic E-state index is -3.43. The third-order valence-corrected chi connectivity index (χ3v) is 5.53. The van der Waals surface area contributed by atoms with Gasteiger partial charge in [-0.05, 0) is 29.1 Å². The van der Waals surface area contributed by atoms with Gasteiger partial charge in [0, 0.05) is 10.9 Å². The molecule has 0 saturated carbocycles. The standard InChI is InChI=1S/C12H15N2O3S2/c1-18(2)5-6-19(16,17)14-12-4-3-10(9-15)7-11(12)8-13-14/h3-4,7-9H,5-6H2,1-2H3/q+1. The van der Waals surface area contributed by atoms with Crippen molar-refractivity contribution in [2.45, 2.75) is 0 Å². The Labute approximate surface area is 115 Å². The molecule has 1 heterocycles. The highest BCUT2D eigenvalue weighted by Crippen LogP contribution is 2.17. The molecule has 1 aromatic carbocycles. The summed E-state index contributed by atoms with van der Waals surface area (Å²) in [5, 5.41) is 4.59. The van der Waals surface area contributed by atoms with E-state index >= 15 is 0 Å². The zero-order chi connectivity index (χ0) is 14.0. The highest BCUT2D eigenvalue weighted by atomic mass is 32.2. The molecule has 0 aliphatic heterocycles. The van der Waals surface area contributed by atoms with Crippen molar-refractivity contribution in [3.05, 3.63) is 30.0 Å². The largest absolute Gasteiger partial charge is 0.298 e. The molecule has 2 rings (SSSR count). The number of nitrogens with zero attached hydrogens (tertiary/aromatic N) is 2. The number of rotatable bonds is 5. The molecule has 0 N–H and O–H groups in total. The first kappa shape index (κ1) is 14.1. The van der Waals surface area contributed by atoms with E-state index in [2.05, 4.69) is 5.10 Å². The van der Waals surface area contributed by atoms with Gasteiger partial charge in [-0.1, -0.05) is 0 Å². The van der Waals surface area contributed by atoms with Crippen molar-refractivity contribution in [1.29, 1.82) is 0 Å². The number of carbonyl (C=O) groups is 1. The van der Waals surface area contributed by atoms with Crippen molar-refractivity contribution in [1.82, 2.24) is 9.19 Å². The molecule has 0 unspecified atom stereocenters. The molecule has 0 atom stereocenters. The van der Waals surface area contributed by atoms with Crippen molar-refractivity contribution in [2.24, 2.45) is 0 Å². The molecule has 7 heteroatoms. The van der Waals surface area contributed by atoms with Crippen LogP contribution in [-0.4, -0.2) is 47.9 Å². The number of aldehydes is 1. The van der Waals surface area contributed by atoms with E-state index in [-0.39, 0.29) is 16.6 Å². The summed E-state index contributed by atoms with van der Waals surface area (Å²) >= 11 is 0. The van der Waals surface area contributed by atoms with Crippen molar-refractivity contribution < 1.29 is 13.2 Å². The molecule has 0 fully saturated rings. The summed E-state index contributed by atoms with van der Waals surface area (Å²) in [5.74, 6) is 0.700.